The third kappa shape index (κ3) is 4.52. The van der Waals surface area contributed by atoms with Crippen LogP contribution in [0.1, 0.15) is 39.0 Å². The van der Waals surface area contributed by atoms with E-state index in [4.69, 9.17) is 11.2 Å². The molecule has 7 nitrogen and oxygen atoms in total. The molecular formula is C15H23N3O4S. The molecule has 1 amide bonds. The summed E-state index contributed by atoms with van der Waals surface area (Å²) in [6, 6.07) is 0. The quantitative estimate of drug-likeness (QED) is 0.667. The van der Waals surface area contributed by atoms with E-state index in [1.165, 1.54) is 6.92 Å². The highest BCUT2D eigenvalue weighted by atomic mass is 32.2. The van der Waals surface area contributed by atoms with E-state index in [0.29, 0.717) is 51.9 Å². The van der Waals surface area contributed by atoms with E-state index < -0.39 is 31.9 Å². The minimum Gasteiger partial charge on any atom is -0.381 e. The average Bonchev–Trinajstić information content (AvgIpc) is 3.33. The molecule has 0 aromatic heterocycles. The monoisotopic (exact) mass is 341 g/mol. The molecule has 0 aromatic carbocycles. The normalized spacial score (nSPS) is 21.4. The Hall–Kier alpha value is -1.46. The van der Waals surface area contributed by atoms with Gasteiger partial charge in [0, 0.05) is 39.0 Å². The molecule has 1 unspecified atom stereocenters. The molecule has 2 aliphatic rings. The molecule has 1 fully saturated rings. The summed E-state index contributed by atoms with van der Waals surface area (Å²) in [6.45, 7) is 2.64. The molecule has 2 heterocycles. The predicted octanol–water partition coefficient (Wildman–Crippen LogP) is 1.05. The van der Waals surface area contributed by atoms with Gasteiger partial charge in [-0.25, -0.2) is 8.42 Å². The van der Waals surface area contributed by atoms with Crippen LogP contribution in [-0.2, 0) is 19.4 Å². The first-order chi connectivity index (χ1) is 10.9. The third-order valence-electron chi connectivity index (χ3n) is 4.37. The van der Waals surface area contributed by atoms with Gasteiger partial charge in [-0.05, 0) is 19.8 Å². The highest BCUT2D eigenvalue weighted by Gasteiger charge is 2.40. The third-order valence-corrected chi connectivity index (χ3v) is 6.97. The molecule has 0 aromatic rings. The van der Waals surface area contributed by atoms with Gasteiger partial charge in [0.25, 0.3) is 0 Å². The fourth-order valence-electron chi connectivity index (χ4n) is 2.64. The summed E-state index contributed by atoms with van der Waals surface area (Å²) in [4.78, 5) is 12.1. The standard InChI is InChI=1S/C15H23N3O4S/c1-3-4-7-15(17-18-15)8-9-16-14(19)12(2)23(20,21)13-5-10-22-11-6-13/h1,12-13H,4-11H2,2H3,(H,16,19). The van der Waals surface area contributed by atoms with E-state index >= 15 is 0 Å². The number of rotatable bonds is 8. The van der Waals surface area contributed by atoms with Crippen LogP contribution < -0.4 is 5.32 Å². The van der Waals surface area contributed by atoms with Crippen LogP contribution in [0.25, 0.3) is 0 Å². The van der Waals surface area contributed by atoms with Gasteiger partial charge in [0.05, 0.1) is 5.25 Å². The molecular weight excluding hydrogens is 318 g/mol. The first-order valence-electron chi connectivity index (χ1n) is 7.87. The number of hydrogen-bond acceptors (Lipinski definition) is 6. The van der Waals surface area contributed by atoms with Crippen LogP contribution in [-0.4, -0.2) is 50.2 Å². The highest BCUT2D eigenvalue weighted by molar-refractivity contribution is 7.93. The fourth-order valence-corrected chi connectivity index (χ4v) is 4.45. The topological polar surface area (TPSA) is 97.2 Å². The van der Waals surface area contributed by atoms with Gasteiger partial charge >= 0.3 is 0 Å². The van der Waals surface area contributed by atoms with Crippen molar-refractivity contribution in [1.29, 1.82) is 0 Å². The van der Waals surface area contributed by atoms with Crippen molar-refractivity contribution in [2.45, 2.75) is 55.2 Å². The maximum absolute atomic E-state index is 12.5. The first-order valence-corrected chi connectivity index (χ1v) is 9.48. The SMILES string of the molecule is C#CCCC1(CCNC(=O)C(C)S(=O)(=O)C2CCOCC2)N=N1. The Kier molecular flexibility index (Phi) is 5.76. The molecule has 8 heteroatoms. The number of carbonyl (C=O) groups excluding carboxylic acids is 1. The summed E-state index contributed by atoms with van der Waals surface area (Å²) in [5, 5.41) is 9.09. The van der Waals surface area contributed by atoms with E-state index in [9.17, 15) is 13.2 Å². The Morgan fingerprint density at radius 1 is 1.39 bits per heavy atom. The second kappa shape index (κ2) is 7.41. The first kappa shape index (κ1) is 17.9. The van der Waals surface area contributed by atoms with Crippen LogP contribution in [0.3, 0.4) is 0 Å². The van der Waals surface area contributed by atoms with Gasteiger partial charge in [0.2, 0.25) is 5.91 Å². The van der Waals surface area contributed by atoms with E-state index in [2.05, 4.69) is 21.5 Å². The molecule has 0 saturated carbocycles. The second-order valence-corrected chi connectivity index (χ2v) is 8.52. The highest BCUT2D eigenvalue weighted by Crippen LogP contribution is 2.36. The summed E-state index contributed by atoms with van der Waals surface area (Å²) >= 11 is 0. The number of hydrogen-bond donors (Lipinski definition) is 1. The van der Waals surface area contributed by atoms with Gasteiger partial charge in [0.1, 0.15) is 5.25 Å². The van der Waals surface area contributed by atoms with Gasteiger partial charge in [0.15, 0.2) is 15.5 Å². The summed E-state index contributed by atoms with van der Waals surface area (Å²) in [7, 11) is -3.49. The number of ether oxygens (including phenoxy) is 1. The molecule has 23 heavy (non-hydrogen) atoms. The number of amides is 1. The van der Waals surface area contributed by atoms with Crippen molar-refractivity contribution in [2.24, 2.45) is 10.2 Å². The smallest absolute Gasteiger partial charge is 0.238 e. The maximum Gasteiger partial charge on any atom is 0.238 e. The van der Waals surface area contributed by atoms with Crippen molar-refractivity contribution in [1.82, 2.24) is 5.32 Å². The lowest BCUT2D eigenvalue weighted by atomic mass is 10.0. The van der Waals surface area contributed by atoms with E-state index in [0.717, 1.165) is 0 Å². The molecule has 1 N–H and O–H groups in total. The lowest BCUT2D eigenvalue weighted by Gasteiger charge is -2.25. The van der Waals surface area contributed by atoms with Crippen molar-refractivity contribution >= 4 is 15.7 Å². The lowest BCUT2D eigenvalue weighted by Crippen LogP contribution is -2.44. The summed E-state index contributed by atoms with van der Waals surface area (Å²) < 4.78 is 30.1. The van der Waals surface area contributed by atoms with Gasteiger partial charge in [-0.15, -0.1) is 12.3 Å². The molecule has 0 radical (unpaired) electrons. The van der Waals surface area contributed by atoms with Crippen molar-refractivity contribution in [3.05, 3.63) is 0 Å². The summed E-state index contributed by atoms with van der Waals surface area (Å²) in [6.07, 6.45) is 7.91. The Labute approximate surface area is 137 Å². The Morgan fingerprint density at radius 2 is 2.04 bits per heavy atom. The maximum atomic E-state index is 12.5. The molecule has 0 spiro atoms. The van der Waals surface area contributed by atoms with Crippen LogP contribution in [0.4, 0.5) is 0 Å². The zero-order valence-corrected chi connectivity index (χ0v) is 14.1. The number of carbonyl (C=O) groups is 1. The predicted molar refractivity (Wildman–Crippen MR) is 85.5 cm³/mol. The van der Waals surface area contributed by atoms with Crippen molar-refractivity contribution in [3.8, 4) is 12.3 Å². The van der Waals surface area contributed by atoms with E-state index in [1.54, 1.807) is 0 Å². The zero-order valence-electron chi connectivity index (χ0n) is 13.3. The molecule has 2 aliphatic heterocycles. The number of nitrogens with one attached hydrogen (secondary N) is 1. The Balaban J connectivity index is 1.79. The molecule has 0 aliphatic carbocycles. The Morgan fingerprint density at radius 3 is 2.61 bits per heavy atom. The number of terminal acetylenes is 1. The van der Waals surface area contributed by atoms with Crippen LogP contribution in [0.2, 0.25) is 0 Å². The molecule has 1 saturated heterocycles. The fraction of sp³-hybridized carbons (Fsp3) is 0.800. The minimum absolute atomic E-state index is 0.337. The van der Waals surface area contributed by atoms with Crippen LogP contribution in [0, 0.1) is 12.3 Å². The van der Waals surface area contributed by atoms with Gasteiger partial charge in [-0.1, -0.05) is 0 Å². The molecule has 1 atom stereocenters. The van der Waals surface area contributed by atoms with Crippen molar-refractivity contribution in [2.75, 3.05) is 19.8 Å². The van der Waals surface area contributed by atoms with Crippen molar-refractivity contribution in [3.63, 3.8) is 0 Å². The summed E-state index contributed by atoms with van der Waals surface area (Å²) in [5.74, 6) is 2.07. The van der Waals surface area contributed by atoms with Gasteiger partial charge in [-0.3, -0.25) is 4.79 Å². The van der Waals surface area contributed by atoms with Crippen LogP contribution >= 0.6 is 0 Å². The number of nitrogens with zero attached hydrogens (tertiary/aromatic N) is 2. The lowest BCUT2D eigenvalue weighted by molar-refractivity contribution is -0.120. The van der Waals surface area contributed by atoms with E-state index in [-0.39, 0.29) is 0 Å². The number of sulfone groups is 1. The second-order valence-electron chi connectivity index (χ2n) is 5.97. The zero-order chi connectivity index (χ0) is 16.9. The summed E-state index contributed by atoms with van der Waals surface area (Å²) in [5.41, 5.74) is -0.470. The van der Waals surface area contributed by atoms with E-state index in [1.807, 2.05) is 0 Å². The van der Waals surface area contributed by atoms with Crippen molar-refractivity contribution < 1.29 is 17.9 Å². The molecule has 128 valence electrons. The molecule has 2 rings (SSSR count). The van der Waals surface area contributed by atoms with Crippen LogP contribution in [0.15, 0.2) is 10.2 Å². The average molecular weight is 341 g/mol. The molecule has 0 bridgehead atoms. The van der Waals surface area contributed by atoms with Crippen LogP contribution in [0.5, 0.6) is 0 Å². The minimum atomic E-state index is -3.49. The Bertz CT molecular complexity index is 597. The van der Waals surface area contributed by atoms with Gasteiger partial charge in [-0.2, -0.15) is 10.2 Å². The largest absolute Gasteiger partial charge is 0.381 e. The van der Waals surface area contributed by atoms with Gasteiger partial charge < -0.3 is 10.1 Å².